The molecular formula is C16H32N2O. The lowest BCUT2D eigenvalue weighted by atomic mass is 9.80. The maximum absolute atomic E-state index is 5.22. The minimum Gasteiger partial charge on any atom is -0.385 e. The van der Waals surface area contributed by atoms with Crippen LogP contribution in [0.15, 0.2) is 0 Å². The molecule has 112 valence electrons. The van der Waals surface area contributed by atoms with Crippen LogP contribution in [0, 0.1) is 11.3 Å². The highest BCUT2D eigenvalue weighted by Crippen LogP contribution is 2.42. The molecule has 3 nitrogen and oxygen atoms in total. The third kappa shape index (κ3) is 3.71. The van der Waals surface area contributed by atoms with Gasteiger partial charge in [-0.1, -0.05) is 20.8 Å². The first-order chi connectivity index (χ1) is 8.87. The van der Waals surface area contributed by atoms with Gasteiger partial charge in [-0.15, -0.1) is 0 Å². The predicted octanol–water partition coefficient (Wildman–Crippen LogP) is 2.51. The average Bonchev–Trinajstić information content (AvgIpc) is 3.11. The molecule has 2 aliphatic rings. The first-order valence-corrected chi connectivity index (χ1v) is 7.85. The molecule has 0 amide bonds. The van der Waals surface area contributed by atoms with E-state index in [1.165, 1.54) is 25.9 Å². The van der Waals surface area contributed by atoms with Crippen LogP contribution in [0.3, 0.4) is 0 Å². The molecule has 2 rings (SSSR count). The fraction of sp³-hybridized carbons (Fsp3) is 1.00. The highest BCUT2D eigenvalue weighted by Gasteiger charge is 2.47. The number of nitrogens with zero attached hydrogens (tertiary/aromatic N) is 1. The molecule has 1 saturated heterocycles. The van der Waals surface area contributed by atoms with Crippen LogP contribution in [0.5, 0.6) is 0 Å². The Bertz CT molecular complexity index is 296. The van der Waals surface area contributed by atoms with Gasteiger partial charge in [-0.25, -0.2) is 0 Å². The zero-order valence-corrected chi connectivity index (χ0v) is 13.5. The van der Waals surface area contributed by atoms with Crippen molar-refractivity contribution < 1.29 is 4.74 Å². The van der Waals surface area contributed by atoms with E-state index in [-0.39, 0.29) is 0 Å². The summed E-state index contributed by atoms with van der Waals surface area (Å²) in [5, 5.41) is 3.86. The molecule has 0 aromatic rings. The third-order valence-electron chi connectivity index (χ3n) is 4.94. The summed E-state index contributed by atoms with van der Waals surface area (Å²) in [6, 6.07) is 0.635. The van der Waals surface area contributed by atoms with Gasteiger partial charge in [0.2, 0.25) is 0 Å². The molecule has 0 bridgehead atoms. The smallest absolute Gasteiger partial charge is 0.0474 e. The van der Waals surface area contributed by atoms with Crippen LogP contribution < -0.4 is 5.32 Å². The number of methoxy groups -OCH3 is 1. The highest BCUT2D eigenvalue weighted by molar-refractivity contribution is 5.05. The summed E-state index contributed by atoms with van der Waals surface area (Å²) in [4.78, 5) is 2.72. The fourth-order valence-electron chi connectivity index (χ4n) is 3.54. The second-order valence-corrected chi connectivity index (χ2v) is 7.77. The fourth-order valence-corrected chi connectivity index (χ4v) is 3.54. The van der Waals surface area contributed by atoms with Gasteiger partial charge in [0.1, 0.15) is 0 Å². The molecule has 2 fully saturated rings. The van der Waals surface area contributed by atoms with Crippen LogP contribution in [0.25, 0.3) is 0 Å². The van der Waals surface area contributed by atoms with Crippen LogP contribution in [0.1, 0.15) is 47.0 Å². The molecule has 1 heterocycles. The molecule has 0 radical (unpaired) electrons. The normalized spacial score (nSPS) is 33.6. The molecule has 1 aliphatic carbocycles. The third-order valence-corrected chi connectivity index (χ3v) is 4.94. The SMILES string of the molecule is COCCCN1CC(C)(C2CC2)NCC1C(C)(C)C. The maximum atomic E-state index is 5.22. The zero-order valence-electron chi connectivity index (χ0n) is 13.5. The van der Waals surface area contributed by atoms with Crippen molar-refractivity contribution in [3.8, 4) is 0 Å². The molecule has 0 aromatic heterocycles. The second-order valence-electron chi connectivity index (χ2n) is 7.77. The Morgan fingerprint density at radius 1 is 1.32 bits per heavy atom. The van der Waals surface area contributed by atoms with Gasteiger partial charge in [-0.3, -0.25) is 4.90 Å². The van der Waals surface area contributed by atoms with Crippen LogP contribution in [-0.2, 0) is 4.74 Å². The summed E-state index contributed by atoms with van der Waals surface area (Å²) in [7, 11) is 1.80. The van der Waals surface area contributed by atoms with Crippen molar-refractivity contribution >= 4 is 0 Å². The molecule has 0 spiro atoms. The molecule has 1 N–H and O–H groups in total. The molecule has 1 aliphatic heterocycles. The average molecular weight is 268 g/mol. The van der Waals surface area contributed by atoms with E-state index in [4.69, 9.17) is 4.74 Å². The summed E-state index contributed by atoms with van der Waals surface area (Å²) in [5.41, 5.74) is 0.680. The van der Waals surface area contributed by atoms with Crippen molar-refractivity contribution in [2.75, 3.05) is 33.4 Å². The van der Waals surface area contributed by atoms with E-state index in [0.29, 0.717) is 17.0 Å². The van der Waals surface area contributed by atoms with E-state index in [0.717, 1.165) is 25.5 Å². The summed E-state index contributed by atoms with van der Waals surface area (Å²) < 4.78 is 5.22. The van der Waals surface area contributed by atoms with E-state index in [9.17, 15) is 0 Å². The monoisotopic (exact) mass is 268 g/mol. The molecule has 19 heavy (non-hydrogen) atoms. The van der Waals surface area contributed by atoms with Crippen molar-refractivity contribution in [3.63, 3.8) is 0 Å². The number of hydrogen-bond acceptors (Lipinski definition) is 3. The molecule has 0 aromatic carbocycles. The van der Waals surface area contributed by atoms with Gasteiger partial charge in [0.05, 0.1) is 0 Å². The first-order valence-electron chi connectivity index (χ1n) is 7.85. The van der Waals surface area contributed by atoms with Crippen LogP contribution in [0.2, 0.25) is 0 Å². The van der Waals surface area contributed by atoms with E-state index in [2.05, 4.69) is 37.9 Å². The largest absolute Gasteiger partial charge is 0.385 e. The Labute approximate surface area is 119 Å². The second kappa shape index (κ2) is 5.71. The van der Waals surface area contributed by atoms with Gasteiger partial charge in [0.15, 0.2) is 0 Å². The molecule has 3 heteroatoms. The Morgan fingerprint density at radius 3 is 2.53 bits per heavy atom. The topological polar surface area (TPSA) is 24.5 Å². The van der Waals surface area contributed by atoms with Crippen molar-refractivity contribution in [3.05, 3.63) is 0 Å². The van der Waals surface area contributed by atoms with Crippen molar-refractivity contribution in [2.24, 2.45) is 11.3 Å². The number of ether oxygens (including phenoxy) is 1. The van der Waals surface area contributed by atoms with Gasteiger partial charge in [0, 0.05) is 44.9 Å². The van der Waals surface area contributed by atoms with Crippen molar-refractivity contribution in [1.29, 1.82) is 0 Å². The Balaban J connectivity index is 2.00. The standard InChI is InChI=1S/C16H32N2O/c1-15(2,3)14-11-17-16(4,13-7-8-13)12-18(14)9-6-10-19-5/h13-14,17H,6-12H2,1-5H3. The van der Waals surface area contributed by atoms with Crippen LogP contribution in [-0.4, -0.2) is 49.8 Å². The molecule has 2 atom stereocenters. The van der Waals surface area contributed by atoms with Gasteiger partial charge in [-0.2, -0.15) is 0 Å². The Hall–Kier alpha value is -0.120. The molecular weight excluding hydrogens is 236 g/mol. The van der Waals surface area contributed by atoms with Gasteiger partial charge in [0.25, 0.3) is 0 Å². The zero-order chi connectivity index (χ0) is 14.1. The minimum atomic E-state index is 0.338. The maximum Gasteiger partial charge on any atom is 0.0474 e. The van der Waals surface area contributed by atoms with E-state index >= 15 is 0 Å². The van der Waals surface area contributed by atoms with E-state index in [1.807, 2.05) is 0 Å². The van der Waals surface area contributed by atoms with E-state index in [1.54, 1.807) is 7.11 Å². The summed E-state index contributed by atoms with van der Waals surface area (Å²) in [6.45, 7) is 13.9. The Kier molecular flexibility index (Phi) is 4.59. The summed E-state index contributed by atoms with van der Waals surface area (Å²) in [5.74, 6) is 0.901. The minimum absolute atomic E-state index is 0.338. The lowest BCUT2D eigenvalue weighted by Crippen LogP contribution is -2.66. The first kappa shape index (κ1) is 15.3. The summed E-state index contributed by atoms with van der Waals surface area (Å²) >= 11 is 0. The van der Waals surface area contributed by atoms with Crippen molar-refractivity contribution in [1.82, 2.24) is 10.2 Å². The van der Waals surface area contributed by atoms with Gasteiger partial charge < -0.3 is 10.1 Å². The summed E-state index contributed by atoms with van der Waals surface area (Å²) in [6.07, 6.45) is 3.97. The van der Waals surface area contributed by atoms with Gasteiger partial charge in [-0.05, 0) is 37.5 Å². The lowest BCUT2D eigenvalue weighted by Gasteiger charge is -2.51. The number of rotatable bonds is 5. The quantitative estimate of drug-likeness (QED) is 0.775. The predicted molar refractivity (Wildman–Crippen MR) is 80.4 cm³/mol. The van der Waals surface area contributed by atoms with Gasteiger partial charge >= 0.3 is 0 Å². The highest BCUT2D eigenvalue weighted by atomic mass is 16.5. The molecule has 1 saturated carbocycles. The number of nitrogens with one attached hydrogen (secondary N) is 1. The molecule has 2 unspecified atom stereocenters. The Morgan fingerprint density at radius 2 is 2.00 bits per heavy atom. The van der Waals surface area contributed by atoms with Crippen LogP contribution >= 0.6 is 0 Å². The van der Waals surface area contributed by atoms with Crippen LogP contribution in [0.4, 0.5) is 0 Å². The number of hydrogen-bond donors (Lipinski definition) is 1. The van der Waals surface area contributed by atoms with E-state index < -0.39 is 0 Å². The number of piperazine rings is 1. The lowest BCUT2D eigenvalue weighted by molar-refractivity contribution is 0.0152. The van der Waals surface area contributed by atoms with Crippen molar-refractivity contribution in [2.45, 2.75) is 58.5 Å².